The molecule has 2 aliphatic rings. The fourth-order valence-corrected chi connectivity index (χ4v) is 4.87. The summed E-state index contributed by atoms with van der Waals surface area (Å²) < 4.78 is 2.21. The molecule has 0 unspecified atom stereocenters. The first kappa shape index (κ1) is 18.7. The normalized spacial score (nSPS) is 16.5. The van der Waals surface area contributed by atoms with Gasteiger partial charge in [-0.1, -0.05) is 29.8 Å². The number of piperidine rings is 1. The third-order valence-electron chi connectivity index (χ3n) is 6.44. The highest BCUT2D eigenvalue weighted by Gasteiger charge is 2.42. The summed E-state index contributed by atoms with van der Waals surface area (Å²) in [6.45, 7) is 3.48. The van der Waals surface area contributed by atoms with E-state index in [0.29, 0.717) is 25.1 Å². The maximum atomic E-state index is 12.9. The predicted octanol–water partition coefficient (Wildman–Crippen LogP) is 4.08. The standard InChI is InChI=1S/C25H25N3O2/c1-18-4-2-5-19(14-18)16-24(30)27-12-9-25(10-13-27)23-6-3-11-28(23)22-8-7-20(17-29)15-21(22)26-25/h2-8,11,14-15,17,26H,9-10,12-13,16H2,1H3. The van der Waals surface area contributed by atoms with Crippen LogP contribution < -0.4 is 5.32 Å². The molecule has 1 amide bonds. The van der Waals surface area contributed by atoms with Gasteiger partial charge in [-0.25, -0.2) is 0 Å². The zero-order valence-electron chi connectivity index (χ0n) is 17.1. The molecule has 1 N–H and O–H groups in total. The van der Waals surface area contributed by atoms with Crippen LogP contribution in [0.5, 0.6) is 0 Å². The molecule has 0 bridgehead atoms. The first-order valence-corrected chi connectivity index (χ1v) is 10.5. The second kappa shape index (κ2) is 7.17. The molecule has 2 aromatic carbocycles. The summed E-state index contributed by atoms with van der Waals surface area (Å²) in [5.41, 5.74) is 5.95. The zero-order valence-corrected chi connectivity index (χ0v) is 17.1. The zero-order chi connectivity index (χ0) is 20.7. The molecule has 1 aromatic heterocycles. The fraction of sp³-hybridized carbons (Fsp3) is 0.280. The van der Waals surface area contributed by atoms with Crippen molar-refractivity contribution in [2.75, 3.05) is 18.4 Å². The minimum absolute atomic E-state index is 0.185. The molecule has 152 valence electrons. The number of fused-ring (bicyclic) bond motifs is 4. The summed E-state index contributed by atoms with van der Waals surface area (Å²) >= 11 is 0. The van der Waals surface area contributed by atoms with Gasteiger partial charge in [0.15, 0.2) is 0 Å². The molecule has 0 saturated carbocycles. The number of benzene rings is 2. The second-order valence-corrected chi connectivity index (χ2v) is 8.41. The first-order valence-electron chi connectivity index (χ1n) is 10.5. The monoisotopic (exact) mass is 399 g/mol. The van der Waals surface area contributed by atoms with Crippen molar-refractivity contribution < 1.29 is 9.59 Å². The van der Waals surface area contributed by atoms with E-state index in [1.165, 1.54) is 11.3 Å². The molecule has 5 nitrogen and oxygen atoms in total. The molecule has 30 heavy (non-hydrogen) atoms. The van der Waals surface area contributed by atoms with Crippen LogP contribution in [-0.4, -0.2) is 34.7 Å². The Hall–Kier alpha value is -3.34. The van der Waals surface area contributed by atoms with Gasteiger partial charge < -0.3 is 14.8 Å². The van der Waals surface area contributed by atoms with Crippen LogP contribution in [0.25, 0.3) is 5.69 Å². The van der Waals surface area contributed by atoms with E-state index in [2.05, 4.69) is 47.3 Å². The minimum atomic E-state index is -0.224. The van der Waals surface area contributed by atoms with Crippen molar-refractivity contribution in [3.63, 3.8) is 0 Å². The summed E-state index contributed by atoms with van der Waals surface area (Å²) in [5.74, 6) is 0.185. The number of hydrogen-bond acceptors (Lipinski definition) is 3. The van der Waals surface area contributed by atoms with Gasteiger partial charge in [0.25, 0.3) is 0 Å². The van der Waals surface area contributed by atoms with Gasteiger partial charge in [-0.15, -0.1) is 0 Å². The Balaban J connectivity index is 1.36. The SMILES string of the molecule is Cc1cccc(CC(=O)N2CCC3(CC2)Nc2cc(C=O)ccc2-n2cccc23)c1. The van der Waals surface area contributed by atoms with E-state index in [1.54, 1.807) is 0 Å². The quantitative estimate of drug-likeness (QED) is 0.675. The summed E-state index contributed by atoms with van der Waals surface area (Å²) in [6, 6.07) is 18.1. The highest BCUT2D eigenvalue weighted by atomic mass is 16.2. The molecule has 0 aliphatic carbocycles. The van der Waals surface area contributed by atoms with E-state index >= 15 is 0 Å². The Morgan fingerprint density at radius 1 is 1.10 bits per heavy atom. The van der Waals surface area contributed by atoms with Gasteiger partial charge in [-0.05, 0) is 55.7 Å². The van der Waals surface area contributed by atoms with E-state index in [0.717, 1.165) is 36.1 Å². The maximum absolute atomic E-state index is 12.9. The van der Waals surface area contributed by atoms with E-state index < -0.39 is 0 Å². The Labute approximate surface area is 176 Å². The van der Waals surface area contributed by atoms with Crippen molar-refractivity contribution in [1.82, 2.24) is 9.47 Å². The summed E-state index contributed by atoms with van der Waals surface area (Å²) in [6.07, 6.45) is 5.08. The van der Waals surface area contributed by atoms with Crippen LogP contribution in [0.15, 0.2) is 60.8 Å². The largest absolute Gasteiger partial charge is 0.372 e. The molecule has 1 spiro atoms. The molecule has 3 heterocycles. The number of hydrogen-bond donors (Lipinski definition) is 1. The van der Waals surface area contributed by atoms with E-state index in [4.69, 9.17) is 0 Å². The van der Waals surface area contributed by atoms with Crippen molar-refractivity contribution in [3.05, 3.63) is 83.2 Å². The second-order valence-electron chi connectivity index (χ2n) is 8.41. The predicted molar refractivity (Wildman–Crippen MR) is 117 cm³/mol. The molecule has 0 radical (unpaired) electrons. The first-order chi connectivity index (χ1) is 14.6. The number of nitrogens with zero attached hydrogens (tertiary/aromatic N) is 2. The van der Waals surface area contributed by atoms with E-state index in [9.17, 15) is 9.59 Å². The van der Waals surface area contributed by atoms with Crippen LogP contribution in [0.1, 0.15) is 40.0 Å². The van der Waals surface area contributed by atoms with Crippen LogP contribution in [-0.2, 0) is 16.8 Å². The maximum Gasteiger partial charge on any atom is 0.226 e. The number of aryl methyl sites for hydroxylation is 1. The topological polar surface area (TPSA) is 54.3 Å². The highest BCUT2D eigenvalue weighted by Crippen LogP contribution is 2.43. The van der Waals surface area contributed by atoms with Crippen molar-refractivity contribution in [2.24, 2.45) is 0 Å². The number of nitrogens with one attached hydrogen (secondary N) is 1. The van der Waals surface area contributed by atoms with Crippen LogP contribution in [0.3, 0.4) is 0 Å². The molecule has 1 saturated heterocycles. The van der Waals surface area contributed by atoms with Crippen LogP contribution >= 0.6 is 0 Å². The van der Waals surface area contributed by atoms with Crippen LogP contribution in [0, 0.1) is 6.92 Å². The lowest BCUT2D eigenvalue weighted by molar-refractivity contribution is -0.132. The molecular formula is C25H25N3O2. The van der Waals surface area contributed by atoms with Crippen molar-refractivity contribution >= 4 is 17.9 Å². The van der Waals surface area contributed by atoms with Gasteiger partial charge in [-0.3, -0.25) is 9.59 Å². The molecule has 1 fully saturated rings. The Morgan fingerprint density at radius 2 is 1.93 bits per heavy atom. The number of carbonyl (C=O) groups is 2. The molecular weight excluding hydrogens is 374 g/mol. The van der Waals surface area contributed by atoms with Gasteiger partial charge in [0.05, 0.1) is 23.3 Å². The van der Waals surface area contributed by atoms with Crippen molar-refractivity contribution in [1.29, 1.82) is 0 Å². The van der Waals surface area contributed by atoms with Gasteiger partial charge in [0, 0.05) is 30.5 Å². The number of aldehydes is 1. The number of anilines is 1. The van der Waals surface area contributed by atoms with Gasteiger partial charge in [0.2, 0.25) is 5.91 Å². The number of amides is 1. The Bertz CT molecular complexity index is 1120. The third kappa shape index (κ3) is 3.11. The lowest BCUT2D eigenvalue weighted by Crippen LogP contribution is -2.51. The van der Waals surface area contributed by atoms with E-state index in [-0.39, 0.29) is 11.4 Å². The van der Waals surface area contributed by atoms with Crippen molar-refractivity contribution in [3.8, 4) is 5.69 Å². The summed E-state index contributed by atoms with van der Waals surface area (Å²) in [5, 5.41) is 3.73. The average molecular weight is 399 g/mol. The fourth-order valence-electron chi connectivity index (χ4n) is 4.87. The summed E-state index contributed by atoms with van der Waals surface area (Å²) in [4.78, 5) is 26.1. The average Bonchev–Trinajstić information content (AvgIpc) is 3.25. The highest BCUT2D eigenvalue weighted by molar-refractivity contribution is 5.81. The Kier molecular flexibility index (Phi) is 4.46. The van der Waals surface area contributed by atoms with Gasteiger partial charge >= 0.3 is 0 Å². The molecule has 0 atom stereocenters. The lowest BCUT2D eigenvalue weighted by Gasteiger charge is -2.46. The minimum Gasteiger partial charge on any atom is -0.372 e. The number of aromatic nitrogens is 1. The number of carbonyl (C=O) groups excluding carboxylic acids is 2. The molecule has 3 aromatic rings. The molecule has 5 rings (SSSR count). The number of likely N-dealkylation sites (tertiary alicyclic amines) is 1. The van der Waals surface area contributed by atoms with E-state index in [1.807, 2.05) is 35.2 Å². The third-order valence-corrected chi connectivity index (χ3v) is 6.44. The van der Waals surface area contributed by atoms with Crippen LogP contribution in [0.4, 0.5) is 5.69 Å². The summed E-state index contributed by atoms with van der Waals surface area (Å²) in [7, 11) is 0. The van der Waals surface area contributed by atoms with Crippen LogP contribution in [0.2, 0.25) is 0 Å². The van der Waals surface area contributed by atoms with Gasteiger partial charge in [0.1, 0.15) is 6.29 Å². The lowest BCUT2D eigenvalue weighted by atomic mass is 9.82. The molecule has 2 aliphatic heterocycles. The molecule has 5 heteroatoms. The number of rotatable bonds is 3. The smallest absolute Gasteiger partial charge is 0.226 e. The van der Waals surface area contributed by atoms with Gasteiger partial charge in [-0.2, -0.15) is 0 Å². The van der Waals surface area contributed by atoms with Crippen molar-refractivity contribution in [2.45, 2.75) is 31.7 Å². The Morgan fingerprint density at radius 3 is 2.70 bits per heavy atom.